The Labute approximate surface area is 104 Å². The summed E-state index contributed by atoms with van der Waals surface area (Å²) < 4.78 is 0. The van der Waals surface area contributed by atoms with Gasteiger partial charge < -0.3 is 16.2 Å². The highest BCUT2D eigenvalue weighted by Gasteiger charge is 2.14. The molecule has 4 N–H and O–H groups in total. The van der Waals surface area contributed by atoms with Gasteiger partial charge in [0.25, 0.3) is 5.69 Å². The molecule has 1 aromatic rings. The molecular formula is C11H15N3O4. The van der Waals surface area contributed by atoms with E-state index in [0.29, 0.717) is 12.1 Å². The van der Waals surface area contributed by atoms with Crippen LogP contribution in [0.3, 0.4) is 0 Å². The SMILES string of the molecule is Cc1c(CNCC(O)C(N)=O)cccc1[N+](=O)[O-]. The molecule has 1 amide bonds. The van der Waals surface area contributed by atoms with Crippen LogP contribution in [0, 0.1) is 17.0 Å². The molecule has 7 heteroatoms. The summed E-state index contributed by atoms with van der Waals surface area (Å²) in [6, 6.07) is 4.76. The first-order chi connectivity index (χ1) is 8.43. The largest absolute Gasteiger partial charge is 0.382 e. The molecule has 0 bridgehead atoms. The Kier molecular flexibility index (Phi) is 4.75. The van der Waals surface area contributed by atoms with Gasteiger partial charge >= 0.3 is 0 Å². The number of aliphatic hydroxyl groups is 1. The van der Waals surface area contributed by atoms with Gasteiger partial charge in [0.05, 0.1) is 4.92 Å². The fourth-order valence-electron chi connectivity index (χ4n) is 1.50. The van der Waals surface area contributed by atoms with Gasteiger partial charge in [-0.05, 0) is 12.5 Å². The fraction of sp³-hybridized carbons (Fsp3) is 0.364. The number of nitro benzene ring substituents is 1. The monoisotopic (exact) mass is 253 g/mol. The third-order valence-electron chi connectivity index (χ3n) is 2.60. The number of carbonyl (C=O) groups excluding carboxylic acids is 1. The molecule has 0 aliphatic carbocycles. The summed E-state index contributed by atoms with van der Waals surface area (Å²) in [5, 5.41) is 22.7. The molecule has 0 heterocycles. The van der Waals surface area contributed by atoms with Crippen LogP contribution in [0.1, 0.15) is 11.1 Å². The number of carbonyl (C=O) groups is 1. The maximum absolute atomic E-state index is 10.7. The van der Waals surface area contributed by atoms with Crippen molar-refractivity contribution in [3.63, 3.8) is 0 Å². The number of nitrogens with one attached hydrogen (secondary N) is 1. The number of hydrogen-bond donors (Lipinski definition) is 3. The number of hydrogen-bond acceptors (Lipinski definition) is 5. The first-order valence-corrected chi connectivity index (χ1v) is 5.34. The quantitative estimate of drug-likeness (QED) is 0.480. The van der Waals surface area contributed by atoms with Gasteiger partial charge in [0.1, 0.15) is 6.10 Å². The fourth-order valence-corrected chi connectivity index (χ4v) is 1.50. The van der Waals surface area contributed by atoms with Crippen LogP contribution in [0.25, 0.3) is 0 Å². The Morgan fingerprint density at radius 3 is 2.83 bits per heavy atom. The minimum atomic E-state index is -1.26. The minimum absolute atomic E-state index is 0.0114. The lowest BCUT2D eigenvalue weighted by Crippen LogP contribution is -2.37. The molecular weight excluding hydrogens is 238 g/mol. The van der Waals surface area contributed by atoms with Gasteiger partial charge in [0, 0.05) is 24.7 Å². The second kappa shape index (κ2) is 6.08. The van der Waals surface area contributed by atoms with E-state index in [9.17, 15) is 20.0 Å². The summed E-state index contributed by atoms with van der Waals surface area (Å²) >= 11 is 0. The number of benzene rings is 1. The lowest BCUT2D eigenvalue weighted by atomic mass is 10.1. The van der Waals surface area contributed by atoms with E-state index >= 15 is 0 Å². The van der Waals surface area contributed by atoms with E-state index in [2.05, 4.69) is 5.32 Å². The highest BCUT2D eigenvalue weighted by Crippen LogP contribution is 2.20. The number of aliphatic hydroxyl groups excluding tert-OH is 1. The van der Waals surface area contributed by atoms with E-state index in [4.69, 9.17) is 5.73 Å². The molecule has 0 fully saturated rings. The lowest BCUT2D eigenvalue weighted by molar-refractivity contribution is -0.385. The normalized spacial score (nSPS) is 12.1. The summed E-state index contributed by atoms with van der Waals surface area (Å²) in [6.07, 6.45) is -1.26. The number of nitro groups is 1. The number of nitrogens with zero attached hydrogens (tertiary/aromatic N) is 1. The van der Waals surface area contributed by atoms with E-state index in [0.717, 1.165) is 5.56 Å². The molecule has 0 aliphatic heterocycles. The van der Waals surface area contributed by atoms with E-state index in [-0.39, 0.29) is 12.2 Å². The van der Waals surface area contributed by atoms with Crippen molar-refractivity contribution in [2.24, 2.45) is 5.73 Å². The Morgan fingerprint density at radius 1 is 1.61 bits per heavy atom. The average Bonchev–Trinajstić information content (AvgIpc) is 2.30. The van der Waals surface area contributed by atoms with E-state index in [1.54, 1.807) is 19.1 Å². The molecule has 0 aromatic heterocycles. The van der Waals surface area contributed by atoms with Crippen LogP contribution in [-0.4, -0.2) is 28.6 Å². The van der Waals surface area contributed by atoms with Crippen molar-refractivity contribution in [2.45, 2.75) is 19.6 Å². The van der Waals surface area contributed by atoms with E-state index in [1.165, 1.54) is 6.07 Å². The van der Waals surface area contributed by atoms with Gasteiger partial charge in [-0.1, -0.05) is 12.1 Å². The Morgan fingerprint density at radius 2 is 2.28 bits per heavy atom. The summed E-state index contributed by atoms with van der Waals surface area (Å²) in [5.41, 5.74) is 6.23. The van der Waals surface area contributed by atoms with Crippen molar-refractivity contribution >= 4 is 11.6 Å². The van der Waals surface area contributed by atoms with Crippen molar-refractivity contribution in [3.05, 3.63) is 39.4 Å². The molecule has 0 spiro atoms. The Balaban J connectivity index is 2.66. The van der Waals surface area contributed by atoms with Crippen molar-refractivity contribution in [3.8, 4) is 0 Å². The van der Waals surface area contributed by atoms with Gasteiger partial charge in [-0.3, -0.25) is 14.9 Å². The summed E-state index contributed by atoms with van der Waals surface area (Å²) in [7, 11) is 0. The standard InChI is InChI=1S/C11H15N3O4/c1-7-8(3-2-4-9(7)14(17)18)5-13-6-10(15)11(12)16/h2-4,10,13,15H,5-6H2,1H3,(H2,12,16). The minimum Gasteiger partial charge on any atom is -0.382 e. The van der Waals surface area contributed by atoms with Crippen molar-refractivity contribution in [1.82, 2.24) is 5.32 Å². The number of rotatable bonds is 6. The van der Waals surface area contributed by atoms with Gasteiger partial charge in [-0.25, -0.2) is 0 Å². The zero-order valence-corrected chi connectivity index (χ0v) is 9.92. The van der Waals surface area contributed by atoms with Crippen molar-refractivity contribution < 1.29 is 14.8 Å². The zero-order valence-electron chi connectivity index (χ0n) is 9.92. The second-order valence-corrected chi connectivity index (χ2v) is 3.87. The molecule has 1 atom stereocenters. The third kappa shape index (κ3) is 3.51. The zero-order chi connectivity index (χ0) is 13.7. The number of amides is 1. The van der Waals surface area contributed by atoms with E-state index < -0.39 is 16.9 Å². The molecule has 0 aliphatic rings. The smallest absolute Gasteiger partial charge is 0.272 e. The van der Waals surface area contributed by atoms with Crippen LogP contribution in [0.4, 0.5) is 5.69 Å². The maximum atomic E-state index is 10.7. The van der Waals surface area contributed by atoms with Gasteiger partial charge in [0.2, 0.25) is 5.91 Å². The van der Waals surface area contributed by atoms with Crippen LogP contribution in [0.15, 0.2) is 18.2 Å². The van der Waals surface area contributed by atoms with Crippen molar-refractivity contribution in [2.75, 3.05) is 6.54 Å². The first-order valence-electron chi connectivity index (χ1n) is 5.34. The van der Waals surface area contributed by atoms with Crippen molar-refractivity contribution in [1.29, 1.82) is 0 Å². The van der Waals surface area contributed by atoms with Gasteiger partial charge in [0.15, 0.2) is 0 Å². The molecule has 0 saturated heterocycles. The molecule has 0 radical (unpaired) electrons. The second-order valence-electron chi connectivity index (χ2n) is 3.87. The molecule has 1 unspecified atom stereocenters. The summed E-state index contributed by atoms with van der Waals surface area (Å²) in [4.78, 5) is 20.9. The molecule has 1 aromatic carbocycles. The predicted octanol–water partition coefficient (Wildman–Crippen LogP) is -0.161. The number of nitrogens with two attached hydrogens (primary N) is 1. The Bertz CT molecular complexity index is 462. The lowest BCUT2D eigenvalue weighted by Gasteiger charge is -2.10. The van der Waals surface area contributed by atoms with Crippen LogP contribution in [-0.2, 0) is 11.3 Å². The molecule has 98 valence electrons. The summed E-state index contributed by atoms with van der Waals surface area (Å²) in [6.45, 7) is 1.98. The molecule has 7 nitrogen and oxygen atoms in total. The third-order valence-corrected chi connectivity index (χ3v) is 2.60. The Hall–Kier alpha value is -1.99. The summed E-state index contributed by atoms with van der Waals surface area (Å²) in [5.74, 6) is -0.807. The molecule has 1 rings (SSSR count). The van der Waals surface area contributed by atoms with Crippen LogP contribution < -0.4 is 11.1 Å². The predicted molar refractivity (Wildman–Crippen MR) is 64.7 cm³/mol. The van der Waals surface area contributed by atoms with E-state index in [1.807, 2.05) is 0 Å². The van der Waals surface area contributed by atoms with Crippen LogP contribution in [0.5, 0.6) is 0 Å². The van der Waals surface area contributed by atoms with Crippen LogP contribution >= 0.6 is 0 Å². The van der Waals surface area contributed by atoms with Crippen LogP contribution in [0.2, 0.25) is 0 Å². The highest BCUT2D eigenvalue weighted by atomic mass is 16.6. The molecule has 18 heavy (non-hydrogen) atoms. The molecule has 0 saturated carbocycles. The maximum Gasteiger partial charge on any atom is 0.272 e. The highest BCUT2D eigenvalue weighted by molar-refractivity contribution is 5.78. The van der Waals surface area contributed by atoms with Gasteiger partial charge in [-0.15, -0.1) is 0 Å². The van der Waals surface area contributed by atoms with Gasteiger partial charge in [-0.2, -0.15) is 0 Å². The topological polar surface area (TPSA) is 118 Å². The average molecular weight is 253 g/mol. The first kappa shape index (κ1) is 14.1. The number of primary amides is 1.